The second-order valence-corrected chi connectivity index (χ2v) is 8.84. The van der Waals surface area contributed by atoms with Crippen molar-refractivity contribution >= 4 is 57.1 Å². The van der Waals surface area contributed by atoms with Crippen molar-refractivity contribution in [3.63, 3.8) is 0 Å². The highest BCUT2D eigenvalue weighted by Crippen LogP contribution is 2.32. The third kappa shape index (κ3) is 4.83. The number of rotatable bonds is 6. The number of thioether (sulfide) groups is 1. The van der Waals surface area contributed by atoms with Crippen LogP contribution in [0.2, 0.25) is 4.34 Å². The van der Waals surface area contributed by atoms with Crippen molar-refractivity contribution in [3.8, 4) is 10.6 Å². The Bertz CT molecular complexity index is 826. The molecule has 0 saturated heterocycles. The van der Waals surface area contributed by atoms with Crippen LogP contribution in [0.25, 0.3) is 10.6 Å². The van der Waals surface area contributed by atoms with Crippen LogP contribution in [0.5, 0.6) is 0 Å². The summed E-state index contributed by atoms with van der Waals surface area (Å²) in [4.78, 5) is 18.7. The van der Waals surface area contributed by atoms with Gasteiger partial charge in [-0.15, -0.1) is 34.4 Å². The number of anilines is 1. The Morgan fingerprint density at radius 3 is 2.75 bits per heavy atom. The van der Waals surface area contributed by atoms with Crippen LogP contribution < -0.4 is 5.32 Å². The lowest BCUT2D eigenvalue weighted by molar-refractivity contribution is -0.115. The number of hydrogen-bond acceptors (Lipinski definition) is 5. The fourth-order valence-electron chi connectivity index (χ4n) is 1.97. The normalized spacial score (nSPS) is 10.8. The molecule has 0 aliphatic carbocycles. The number of nitrogens with one attached hydrogen (secondary N) is 1. The summed E-state index contributed by atoms with van der Waals surface area (Å²) < 4.78 is 0.733. The first-order chi connectivity index (χ1) is 11.6. The maximum atomic E-state index is 12.0. The minimum atomic E-state index is -0.0141. The quantitative estimate of drug-likeness (QED) is 0.525. The van der Waals surface area contributed by atoms with Crippen LogP contribution >= 0.6 is 46.0 Å². The molecule has 2 aromatic heterocycles. The van der Waals surface area contributed by atoms with Crippen molar-refractivity contribution in [2.45, 2.75) is 18.2 Å². The first-order valence-corrected chi connectivity index (χ1v) is 10.4. The van der Waals surface area contributed by atoms with E-state index in [0.29, 0.717) is 11.6 Å². The molecule has 0 aliphatic rings. The number of nitrogens with zero attached hydrogens (tertiary/aromatic N) is 1. The lowest BCUT2D eigenvalue weighted by Gasteiger charge is -2.03. The van der Waals surface area contributed by atoms with Gasteiger partial charge >= 0.3 is 0 Å². The molecule has 0 aliphatic heterocycles. The van der Waals surface area contributed by atoms with Gasteiger partial charge in [-0.3, -0.25) is 4.79 Å². The highest BCUT2D eigenvalue weighted by atomic mass is 35.5. The molecule has 7 heteroatoms. The van der Waals surface area contributed by atoms with Crippen LogP contribution in [0.4, 0.5) is 5.13 Å². The van der Waals surface area contributed by atoms with Gasteiger partial charge in [0.15, 0.2) is 5.13 Å². The van der Waals surface area contributed by atoms with E-state index in [-0.39, 0.29) is 5.91 Å². The molecule has 0 spiro atoms. The molecular formula is C17H15ClN2OS3. The molecule has 0 fully saturated rings. The van der Waals surface area contributed by atoms with E-state index in [1.165, 1.54) is 33.1 Å². The Morgan fingerprint density at radius 1 is 1.25 bits per heavy atom. The molecule has 0 atom stereocenters. The second-order valence-electron chi connectivity index (χ2n) is 5.10. The predicted molar refractivity (Wildman–Crippen MR) is 106 cm³/mol. The lowest BCUT2D eigenvalue weighted by Crippen LogP contribution is -2.11. The van der Waals surface area contributed by atoms with E-state index in [1.807, 2.05) is 17.5 Å². The first kappa shape index (κ1) is 17.5. The highest BCUT2D eigenvalue weighted by molar-refractivity contribution is 7.99. The smallest absolute Gasteiger partial charge is 0.226 e. The third-order valence-electron chi connectivity index (χ3n) is 3.20. The fourth-order valence-corrected chi connectivity index (χ4v) is 4.63. The summed E-state index contributed by atoms with van der Waals surface area (Å²) >= 11 is 10.5. The van der Waals surface area contributed by atoms with Gasteiger partial charge in [-0.25, -0.2) is 4.98 Å². The summed E-state index contributed by atoms with van der Waals surface area (Å²) in [7, 11) is 0. The Hall–Kier alpha value is -1.34. The molecule has 3 nitrogen and oxygen atoms in total. The minimum absolute atomic E-state index is 0.0141. The minimum Gasteiger partial charge on any atom is -0.302 e. The van der Waals surface area contributed by atoms with E-state index in [0.717, 1.165) is 20.7 Å². The summed E-state index contributed by atoms with van der Waals surface area (Å²) in [6, 6.07) is 12.1. The molecular weight excluding hydrogens is 380 g/mol. The van der Waals surface area contributed by atoms with E-state index in [1.54, 1.807) is 11.8 Å². The summed E-state index contributed by atoms with van der Waals surface area (Å²) in [6.07, 6.45) is 0.457. The average molecular weight is 395 g/mol. The summed E-state index contributed by atoms with van der Waals surface area (Å²) in [5.74, 6) is 0.730. The maximum absolute atomic E-state index is 12.0. The third-order valence-corrected chi connectivity index (χ3v) is 6.22. The first-order valence-electron chi connectivity index (χ1n) is 7.31. The Labute approximate surface area is 158 Å². The number of amides is 1. The molecule has 124 valence electrons. The van der Waals surface area contributed by atoms with Crippen molar-refractivity contribution in [1.82, 2.24) is 4.98 Å². The van der Waals surface area contributed by atoms with Gasteiger partial charge in [0, 0.05) is 22.4 Å². The van der Waals surface area contributed by atoms with Crippen molar-refractivity contribution in [2.24, 2.45) is 0 Å². The van der Waals surface area contributed by atoms with Crippen molar-refractivity contribution in [2.75, 3.05) is 11.1 Å². The number of halogens is 1. The van der Waals surface area contributed by atoms with Crippen LogP contribution in [-0.4, -0.2) is 16.6 Å². The zero-order chi connectivity index (χ0) is 16.9. The number of carbonyl (C=O) groups is 1. The average Bonchev–Trinajstić information content (AvgIpc) is 3.18. The topological polar surface area (TPSA) is 42.0 Å². The summed E-state index contributed by atoms with van der Waals surface area (Å²) in [5.41, 5.74) is 2.09. The number of aryl methyl sites for hydroxylation is 1. The molecule has 3 rings (SSSR count). The van der Waals surface area contributed by atoms with Crippen LogP contribution in [-0.2, 0) is 4.79 Å². The zero-order valence-corrected chi connectivity index (χ0v) is 16.1. The molecule has 3 aromatic rings. The second kappa shape index (κ2) is 8.16. The van der Waals surface area contributed by atoms with Crippen LogP contribution in [0.1, 0.15) is 12.0 Å². The summed E-state index contributed by atoms with van der Waals surface area (Å²) in [6.45, 7) is 2.06. The molecule has 2 heterocycles. The van der Waals surface area contributed by atoms with E-state index in [2.05, 4.69) is 41.5 Å². The zero-order valence-electron chi connectivity index (χ0n) is 12.9. The molecule has 1 aromatic carbocycles. The maximum Gasteiger partial charge on any atom is 0.226 e. The standard InChI is InChI=1S/C17H15ClN2OS3/c1-11-2-4-12(5-3-11)22-9-8-16(21)20-17-19-13(10-23-17)14-6-7-15(18)24-14/h2-7,10H,8-9H2,1H3,(H,19,20,21). The lowest BCUT2D eigenvalue weighted by atomic mass is 10.2. The van der Waals surface area contributed by atoms with Crippen molar-refractivity contribution in [1.29, 1.82) is 0 Å². The van der Waals surface area contributed by atoms with Gasteiger partial charge in [0.05, 0.1) is 14.9 Å². The molecule has 24 heavy (non-hydrogen) atoms. The monoisotopic (exact) mass is 394 g/mol. The molecule has 0 bridgehead atoms. The van der Waals surface area contributed by atoms with Gasteiger partial charge in [-0.1, -0.05) is 29.3 Å². The van der Waals surface area contributed by atoms with E-state index < -0.39 is 0 Å². The highest BCUT2D eigenvalue weighted by Gasteiger charge is 2.09. The van der Waals surface area contributed by atoms with Crippen molar-refractivity contribution < 1.29 is 4.79 Å². The largest absolute Gasteiger partial charge is 0.302 e. The fraction of sp³-hybridized carbons (Fsp3) is 0.176. The number of carbonyl (C=O) groups excluding carboxylic acids is 1. The number of thiazole rings is 1. The number of thiophene rings is 1. The number of aromatic nitrogens is 1. The van der Waals surface area contributed by atoms with Crippen molar-refractivity contribution in [3.05, 3.63) is 51.7 Å². The van der Waals surface area contributed by atoms with Gasteiger partial charge in [-0.05, 0) is 31.2 Å². The van der Waals surface area contributed by atoms with E-state index in [4.69, 9.17) is 11.6 Å². The van der Waals surface area contributed by atoms with Gasteiger partial charge < -0.3 is 5.32 Å². The molecule has 1 N–H and O–H groups in total. The van der Waals surface area contributed by atoms with Gasteiger partial charge in [0.2, 0.25) is 5.91 Å². The number of hydrogen-bond donors (Lipinski definition) is 1. The van der Waals surface area contributed by atoms with E-state index >= 15 is 0 Å². The molecule has 0 unspecified atom stereocenters. The Morgan fingerprint density at radius 2 is 2.04 bits per heavy atom. The Balaban J connectivity index is 1.48. The molecule has 1 amide bonds. The number of benzene rings is 1. The molecule has 0 radical (unpaired) electrons. The van der Waals surface area contributed by atoms with Crippen LogP contribution in [0.15, 0.2) is 46.7 Å². The van der Waals surface area contributed by atoms with E-state index in [9.17, 15) is 4.79 Å². The molecule has 0 saturated carbocycles. The van der Waals surface area contributed by atoms with Crippen LogP contribution in [0, 0.1) is 6.92 Å². The van der Waals surface area contributed by atoms with Gasteiger partial charge in [-0.2, -0.15) is 0 Å². The SMILES string of the molecule is Cc1ccc(SCCC(=O)Nc2nc(-c3ccc(Cl)s3)cs2)cc1. The predicted octanol–water partition coefficient (Wildman–Crippen LogP) is 5.95. The van der Waals surface area contributed by atoms with Gasteiger partial charge in [0.25, 0.3) is 0 Å². The van der Waals surface area contributed by atoms with Crippen LogP contribution in [0.3, 0.4) is 0 Å². The van der Waals surface area contributed by atoms with Gasteiger partial charge in [0.1, 0.15) is 0 Å². The Kier molecular flexibility index (Phi) is 5.94. The summed E-state index contributed by atoms with van der Waals surface area (Å²) in [5, 5.41) is 5.42.